The molecule has 0 aliphatic carbocycles. The maximum absolute atomic E-state index is 2.43. The van der Waals surface area contributed by atoms with Crippen LogP contribution in [0.5, 0.6) is 0 Å². The predicted octanol–water partition coefficient (Wildman–Crippen LogP) is 13.0. The molecule has 0 N–H and O–H groups in total. The Balaban J connectivity index is 1.10. The molecule has 3 nitrogen and oxygen atoms in total. The van der Waals surface area contributed by atoms with Crippen molar-refractivity contribution < 1.29 is 0 Å². The van der Waals surface area contributed by atoms with Gasteiger partial charge in [0, 0.05) is 49.4 Å². The van der Waals surface area contributed by atoms with Crippen LogP contribution >= 0.6 is 0 Å². The first-order chi connectivity index (χ1) is 25.7. The number of nitrogens with zero attached hydrogens (tertiary/aromatic N) is 3. The predicted molar refractivity (Wildman–Crippen MR) is 220 cm³/mol. The van der Waals surface area contributed by atoms with E-state index in [0.717, 1.165) is 11.4 Å². The van der Waals surface area contributed by atoms with E-state index in [9.17, 15) is 0 Å². The number of aromatic nitrogens is 3. The van der Waals surface area contributed by atoms with Crippen molar-refractivity contribution in [1.29, 1.82) is 0 Å². The monoisotopic (exact) mass is 663 g/mol. The number of aryl methyl sites for hydroxylation is 1. The first-order valence-corrected chi connectivity index (χ1v) is 17.9. The molecule has 0 amide bonds. The van der Waals surface area contributed by atoms with E-state index < -0.39 is 0 Å². The highest BCUT2D eigenvalue weighted by Gasteiger charge is 2.18. The fraction of sp³-hybridized carbons (Fsp3) is 0.0204. The molecule has 0 saturated carbocycles. The number of hydrogen-bond donors (Lipinski definition) is 0. The van der Waals surface area contributed by atoms with E-state index in [1.54, 1.807) is 0 Å². The lowest BCUT2D eigenvalue weighted by molar-refractivity contribution is 1.15. The molecule has 11 rings (SSSR count). The Morgan fingerprint density at radius 3 is 1.25 bits per heavy atom. The number of benzene rings is 8. The average molecular weight is 664 g/mol. The Morgan fingerprint density at radius 1 is 0.269 bits per heavy atom. The maximum Gasteiger partial charge on any atom is 0.0561 e. The molecule has 0 radical (unpaired) electrons. The standard InChI is InChI=1S/C49H33N3/c1-32-19-23-36(24-20-32)50-45-17-9-6-14-39(45)42-29-33(21-27-47(42)50)34-22-28-48-43(30-34)40-15-7-10-18-46(40)52(48)37-25-26-41-38-13-5-8-16-44(38)51(49(41)31-37)35-11-3-2-4-12-35/h2-31H,1H3. The molecule has 52 heavy (non-hydrogen) atoms. The first-order valence-electron chi connectivity index (χ1n) is 17.9. The van der Waals surface area contributed by atoms with Crippen molar-refractivity contribution in [3.63, 3.8) is 0 Å². The van der Waals surface area contributed by atoms with Gasteiger partial charge in [-0.2, -0.15) is 0 Å². The summed E-state index contributed by atoms with van der Waals surface area (Å²) in [6, 6.07) is 66.7. The summed E-state index contributed by atoms with van der Waals surface area (Å²) in [5.74, 6) is 0. The Morgan fingerprint density at radius 2 is 0.673 bits per heavy atom. The van der Waals surface area contributed by atoms with Crippen LogP contribution in [0.25, 0.3) is 93.6 Å². The summed E-state index contributed by atoms with van der Waals surface area (Å²) in [6.07, 6.45) is 0. The molecule has 3 heteroatoms. The molecule has 0 unspecified atom stereocenters. The molecule has 244 valence electrons. The van der Waals surface area contributed by atoms with E-state index in [1.165, 1.54) is 87.8 Å². The minimum Gasteiger partial charge on any atom is -0.309 e. The molecule has 3 heterocycles. The quantitative estimate of drug-likeness (QED) is 0.178. The molecule has 0 spiro atoms. The largest absolute Gasteiger partial charge is 0.309 e. The number of para-hydroxylation sites is 4. The molecule has 0 aliphatic rings. The summed E-state index contributed by atoms with van der Waals surface area (Å²) in [5.41, 5.74) is 14.4. The second kappa shape index (κ2) is 11.1. The topological polar surface area (TPSA) is 14.8 Å². The van der Waals surface area contributed by atoms with Gasteiger partial charge < -0.3 is 13.7 Å². The van der Waals surface area contributed by atoms with Crippen molar-refractivity contribution in [3.8, 4) is 28.2 Å². The minimum atomic E-state index is 1.15. The highest BCUT2D eigenvalue weighted by atomic mass is 15.0. The van der Waals surface area contributed by atoms with Gasteiger partial charge in [-0.3, -0.25) is 0 Å². The van der Waals surface area contributed by atoms with E-state index in [0.29, 0.717) is 0 Å². The van der Waals surface area contributed by atoms with Crippen LogP contribution in [0.15, 0.2) is 182 Å². The van der Waals surface area contributed by atoms with Gasteiger partial charge in [-0.1, -0.05) is 109 Å². The van der Waals surface area contributed by atoms with Gasteiger partial charge in [0.25, 0.3) is 0 Å². The van der Waals surface area contributed by atoms with E-state index in [2.05, 4.69) is 203 Å². The third-order valence-corrected chi connectivity index (χ3v) is 10.9. The van der Waals surface area contributed by atoms with Crippen LogP contribution in [0.4, 0.5) is 0 Å². The SMILES string of the molecule is Cc1ccc(-n2c3ccccc3c3cc(-c4ccc5c(c4)c4ccccc4n5-c4ccc5c6ccccc6n(-c6ccccc6)c5c4)ccc32)cc1. The van der Waals surface area contributed by atoms with Gasteiger partial charge in [0.2, 0.25) is 0 Å². The van der Waals surface area contributed by atoms with Crippen molar-refractivity contribution in [2.24, 2.45) is 0 Å². The summed E-state index contributed by atoms with van der Waals surface area (Å²) >= 11 is 0. The van der Waals surface area contributed by atoms with E-state index in [-0.39, 0.29) is 0 Å². The summed E-state index contributed by atoms with van der Waals surface area (Å²) in [5, 5.41) is 7.54. The van der Waals surface area contributed by atoms with Gasteiger partial charge in [0.15, 0.2) is 0 Å². The zero-order valence-electron chi connectivity index (χ0n) is 28.7. The second-order valence-corrected chi connectivity index (χ2v) is 13.9. The van der Waals surface area contributed by atoms with Gasteiger partial charge in [-0.25, -0.2) is 0 Å². The van der Waals surface area contributed by atoms with Crippen molar-refractivity contribution in [2.75, 3.05) is 0 Å². The number of fused-ring (bicyclic) bond motifs is 9. The van der Waals surface area contributed by atoms with Crippen LogP contribution in [0.2, 0.25) is 0 Å². The zero-order chi connectivity index (χ0) is 34.3. The lowest BCUT2D eigenvalue weighted by Gasteiger charge is -2.11. The van der Waals surface area contributed by atoms with Gasteiger partial charge in [0.05, 0.1) is 33.1 Å². The molecule has 0 fully saturated rings. The molecule has 0 bridgehead atoms. The molecule has 8 aromatic carbocycles. The summed E-state index contributed by atoms with van der Waals surface area (Å²) < 4.78 is 7.21. The Bertz CT molecular complexity index is 3170. The van der Waals surface area contributed by atoms with Crippen LogP contribution in [0, 0.1) is 6.92 Å². The van der Waals surface area contributed by atoms with E-state index >= 15 is 0 Å². The molecule has 0 atom stereocenters. The summed E-state index contributed by atoms with van der Waals surface area (Å²) in [6.45, 7) is 2.14. The fourth-order valence-electron chi connectivity index (χ4n) is 8.51. The van der Waals surface area contributed by atoms with Crippen LogP contribution in [-0.2, 0) is 0 Å². The first kappa shape index (κ1) is 28.9. The molecule has 0 saturated heterocycles. The van der Waals surface area contributed by atoms with Crippen molar-refractivity contribution >= 4 is 65.4 Å². The highest BCUT2D eigenvalue weighted by molar-refractivity contribution is 6.14. The van der Waals surface area contributed by atoms with Crippen molar-refractivity contribution in [1.82, 2.24) is 13.7 Å². The number of rotatable bonds is 4. The van der Waals surface area contributed by atoms with E-state index in [1.807, 2.05) is 0 Å². The van der Waals surface area contributed by atoms with Crippen LogP contribution in [0.1, 0.15) is 5.56 Å². The number of hydrogen-bond acceptors (Lipinski definition) is 0. The zero-order valence-corrected chi connectivity index (χ0v) is 28.7. The van der Waals surface area contributed by atoms with Gasteiger partial charge in [-0.05, 0) is 96.9 Å². The molecular weight excluding hydrogens is 631 g/mol. The fourth-order valence-corrected chi connectivity index (χ4v) is 8.51. The Labute approximate surface area is 300 Å². The highest BCUT2D eigenvalue weighted by Crippen LogP contribution is 2.40. The van der Waals surface area contributed by atoms with Gasteiger partial charge >= 0.3 is 0 Å². The molecule has 3 aromatic heterocycles. The van der Waals surface area contributed by atoms with Crippen LogP contribution in [0.3, 0.4) is 0 Å². The molecule has 11 aromatic rings. The van der Waals surface area contributed by atoms with Gasteiger partial charge in [-0.15, -0.1) is 0 Å². The lowest BCUT2D eigenvalue weighted by atomic mass is 10.0. The molecule has 0 aliphatic heterocycles. The van der Waals surface area contributed by atoms with Crippen LogP contribution < -0.4 is 0 Å². The smallest absolute Gasteiger partial charge is 0.0561 e. The third-order valence-electron chi connectivity index (χ3n) is 10.9. The van der Waals surface area contributed by atoms with Gasteiger partial charge in [0.1, 0.15) is 0 Å². The van der Waals surface area contributed by atoms with E-state index in [4.69, 9.17) is 0 Å². The van der Waals surface area contributed by atoms with Crippen molar-refractivity contribution in [3.05, 3.63) is 188 Å². The van der Waals surface area contributed by atoms with Crippen molar-refractivity contribution in [2.45, 2.75) is 6.92 Å². The Kier molecular flexibility index (Phi) is 6.17. The maximum atomic E-state index is 2.43. The average Bonchev–Trinajstić information content (AvgIpc) is 3.83. The minimum absolute atomic E-state index is 1.15. The van der Waals surface area contributed by atoms with Crippen LogP contribution in [-0.4, -0.2) is 13.7 Å². The molecular formula is C49H33N3. The normalized spacial score (nSPS) is 11.9. The second-order valence-electron chi connectivity index (χ2n) is 13.9. The third kappa shape index (κ3) is 4.20. The summed E-state index contributed by atoms with van der Waals surface area (Å²) in [4.78, 5) is 0. The lowest BCUT2D eigenvalue weighted by Crippen LogP contribution is -1.96. The Hall–Kier alpha value is -6.84. The summed E-state index contributed by atoms with van der Waals surface area (Å²) in [7, 11) is 0.